The van der Waals surface area contributed by atoms with Gasteiger partial charge in [0.05, 0.1) is 5.69 Å². The molecule has 0 aliphatic carbocycles. The lowest BCUT2D eigenvalue weighted by Gasteiger charge is -2.11. The monoisotopic (exact) mass is 281 g/mol. The van der Waals surface area contributed by atoms with Gasteiger partial charge in [-0.3, -0.25) is 9.35 Å². The second kappa shape index (κ2) is 4.52. The minimum Gasteiger partial charge on any atom is -0.505 e. The van der Waals surface area contributed by atoms with Crippen molar-refractivity contribution >= 4 is 32.5 Å². The number of benzene rings is 2. The normalized spacial score (nSPS) is 11.5. The Morgan fingerprint density at radius 1 is 1.21 bits per heavy atom. The van der Waals surface area contributed by atoms with Gasteiger partial charge in [-0.2, -0.15) is 8.42 Å². The van der Waals surface area contributed by atoms with Crippen LogP contribution in [0, 0.1) is 0 Å². The van der Waals surface area contributed by atoms with Gasteiger partial charge in [-0.25, -0.2) is 0 Å². The van der Waals surface area contributed by atoms with Gasteiger partial charge in [0.2, 0.25) is 5.91 Å². The Labute approximate surface area is 109 Å². The average Bonchev–Trinajstić information content (AvgIpc) is 2.31. The second-order valence-electron chi connectivity index (χ2n) is 3.97. The van der Waals surface area contributed by atoms with Crippen LogP contribution in [0.5, 0.6) is 5.75 Å². The summed E-state index contributed by atoms with van der Waals surface area (Å²) >= 11 is 0. The third-order valence-electron chi connectivity index (χ3n) is 2.57. The minimum absolute atomic E-state index is 0.0705. The van der Waals surface area contributed by atoms with Gasteiger partial charge in [0.25, 0.3) is 10.1 Å². The first-order valence-electron chi connectivity index (χ1n) is 5.30. The highest BCUT2D eigenvalue weighted by atomic mass is 32.2. The van der Waals surface area contributed by atoms with E-state index in [2.05, 4.69) is 5.32 Å². The lowest BCUT2D eigenvalue weighted by atomic mass is 10.1. The van der Waals surface area contributed by atoms with E-state index >= 15 is 0 Å². The third-order valence-corrected chi connectivity index (χ3v) is 3.46. The molecule has 2 aromatic rings. The maximum absolute atomic E-state index is 11.4. The van der Waals surface area contributed by atoms with Gasteiger partial charge >= 0.3 is 0 Å². The van der Waals surface area contributed by atoms with Crippen molar-refractivity contribution in [3.8, 4) is 5.75 Å². The average molecular weight is 281 g/mol. The minimum atomic E-state index is -4.47. The van der Waals surface area contributed by atoms with Crippen molar-refractivity contribution in [3.05, 3.63) is 30.3 Å². The number of carbonyl (C=O) groups excluding carboxylic acids is 1. The van der Waals surface area contributed by atoms with Crippen molar-refractivity contribution in [2.24, 2.45) is 0 Å². The Balaban J connectivity index is 2.88. The molecule has 1 amide bonds. The predicted octanol–water partition coefficient (Wildman–Crippen LogP) is 1.75. The topological polar surface area (TPSA) is 104 Å². The van der Waals surface area contributed by atoms with Crippen molar-refractivity contribution in [2.75, 3.05) is 5.32 Å². The molecule has 100 valence electrons. The summed E-state index contributed by atoms with van der Waals surface area (Å²) in [5.41, 5.74) is -0.0705. The van der Waals surface area contributed by atoms with Crippen molar-refractivity contribution in [2.45, 2.75) is 11.8 Å². The zero-order chi connectivity index (χ0) is 14.2. The molecule has 0 aliphatic rings. The standard InChI is InChI=1S/C12H11NO5S/c1-7(14)13-10-6-11(19(16,17)18)8-4-2-3-5-9(8)12(10)15/h2-6,15H,1H3,(H,13,14)(H,16,17,18). The van der Waals surface area contributed by atoms with Crippen LogP contribution in [0.1, 0.15) is 6.92 Å². The number of fused-ring (bicyclic) bond motifs is 1. The quantitative estimate of drug-likeness (QED) is 0.574. The fraction of sp³-hybridized carbons (Fsp3) is 0.0833. The van der Waals surface area contributed by atoms with Crippen molar-refractivity contribution in [1.29, 1.82) is 0 Å². The van der Waals surface area contributed by atoms with E-state index < -0.39 is 16.0 Å². The van der Waals surface area contributed by atoms with Crippen LogP contribution in [0.25, 0.3) is 10.8 Å². The van der Waals surface area contributed by atoms with Gasteiger partial charge in [0, 0.05) is 17.7 Å². The Hall–Kier alpha value is -2.12. The van der Waals surface area contributed by atoms with E-state index in [9.17, 15) is 22.9 Å². The van der Waals surface area contributed by atoms with Crippen LogP contribution < -0.4 is 5.32 Å². The summed E-state index contributed by atoms with van der Waals surface area (Å²) in [7, 11) is -4.47. The summed E-state index contributed by atoms with van der Waals surface area (Å²) in [5.74, 6) is -0.718. The number of hydrogen-bond donors (Lipinski definition) is 3. The number of rotatable bonds is 2. The number of aromatic hydroxyl groups is 1. The molecule has 7 heteroatoms. The molecule has 0 aromatic heterocycles. The fourth-order valence-corrected chi connectivity index (χ4v) is 2.55. The number of anilines is 1. The molecule has 0 saturated carbocycles. The van der Waals surface area contributed by atoms with Crippen LogP contribution in [0.2, 0.25) is 0 Å². The number of phenols is 1. The molecule has 0 atom stereocenters. The molecule has 0 saturated heterocycles. The maximum Gasteiger partial charge on any atom is 0.295 e. The van der Waals surface area contributed by atoms with Crippen molar-refractivity contribution in [3.63, 3.8) is 0 Å². The van der Waals surface area contributed by atoms with Gasteiger partial charge < -0.3 is 10.4 Å². The molecule has 0 spiro atoms. The molecule has 0 unspecified atom stereocenters. The van der Waals surface area contributed by atoms with Crippen molar-refractivity contribution < 1.29 is 22.9 Å². The van der Waals surface area contributed by atoms with Gasteiger partial charge in [-0.1, -0.05) is 24.3 Å². The third kappa shape index (κ3) is 2.51. The van der Waals surface area contributed by atoms with Gasteiger partial charge in [0.15, 0.2) is 0 Å². The van der Waals surface area contributed by atoms with E-state index in [-0.39, 0.29) is 27.1 Å². The Morgan fingerprint density at radius 3 is 2.32 bits per heavy atom. The summed E-state index contributed by atoms with van der Waals surface area (Å²) in [6.45, 7) is 1.22. The maximum atomic E-state index is 11.4. The lowest BCUT2D eigenvalue weighted by molar-refractivity contribution is -0.114. The van der Waals surface area contributed by atoms with Crippen LogP contribution in [0.4, 0.5) is 5.69 Å². The lowest BCUT2D eigenvalue weighted by Crippen LogP contribution is -2.08. The molecule has 0 bridgehead atoms. The Bertz CT molecular complexity index is 767. The molecule has 19 heavy (non-hydrogen) atoms. The smallest absolute Gasteiger partial charge is 0.295 e. The summed E-state index contributed by atoms with van der Waals surface area (Å²) in [4.78, 5) is 10.7. The Morgan fingerprint density at radius 2 is 1.79 bits per heavy atom. The number of hydrogen-bond acceptors (Lipinski definition) is 4. The first kappa shape index (κ1) is 13.3. The molecule has 2 rings (SSSR count). The number of amides is 1. The van der Waals surface area contributed by atoms with E-state index in [0.29, 0.717) is 0 Å². The molecule has 0 heterocycles. The van der Waals surface area contributed by atoms with E-state index in [0.717, 1.165) is 6.07 Å². The molecule has 2 aromatic carbocycles. The molecular weight excluding hydrogens is 270 g/mol. The molecule has 0 fully saturated rings. The largest absolute Gasteiger partial charge is 0.505 e. The zero-order valence-corrected chi connectivity index (χ0v) is 10.7. The zero-order valence-electron chi connectivity index (χ0n) is 9.91. The molecule has 0 radical (unpaired) electrons. The Kier molecular flexibility index (Phi) is 3.17. The highest BCUT2D eigenvalue weighted by Crippen LogP contribution is 2.37. The predicted molar refractivity (Wildman–Crippen MR) is 69.7 cm³/mol. The summed E-state index contributed by atoms with van der Waals surface area (Å²) in [6.07, 6.45) is 0. The first-order valence-corrected chi connectivity index (χ1v) is 6.74. The molecular formula is C12H11NO5S. The van der Waals surface area contributed by atoms with E-state index in [1.54, 1.807) is 12.1 Å². The second-order valence-corrected chi connectivity index (χ2v) is 5.36. The fourth-order valence-electron chi connectivity index (χ4n) is 1.83. The molecule has 0 aliphatic heterocycles. The molecule has 6 nitrogen and oxygen atoms in total. The van der Waals surface area contributed by atoms with Gasteiger partial charge in [0.1, 0.15) is 10.6 Å². The van der Waals surface area contributed by atoms with Crippen LogP contribution in [-0.2, 0) is 14.9 Å². The van der Waals surface area contributed by atoms with Crippen LogP contribution in [0.3, 0.4) is 0 Å². The summed E-state index contributed by atoms with van der Waals surface area (Å²) in [5, 5.41) is 12.7. The van der Waals surface area contributed by atoms with E-state index in [1.807, 2.05) is 0 Å². The van der Waals surface area contributed by atoms with E-state index in [1.165, 1.54) is 19.1 Å². The van der Waals surface area contributed by atoms with Crippen LogP contribution in [0.15, 0.2) is 35.2 Å². The summed E-state index contributed by atoms with van der Waals surface area (Å²) < 4.78 is 31.9. The number of phenolic OH excluding ortho intramolecular Hbond substituents is 1. The van der Waals surface area contributed by atoms with Crippen LogP contribution in [-0.4, -0.2) is 24.0 Å². The highest BCUT2D eigenvalue weighted by molar-refractivity contribution is 7.86. The molecule has 3 N–H and O–H groups in total. The van der Waals surface area contributed by atoms with Gasteiger partial charge in [-0.15, -0.1) is 0 Å². The van der Waals surface area contributed by atoms with Crippen LogP contribution >= 0.6 is 0 Å². The summed E-state index contributed by atoms with van der Waals surface area (Å²) in [6, 6.07) is 7.15. The van der Waals surface area contributed by atoms with Crippen molar-refractivity contribution in [1.82, 2.24) is 0 Å². The SMILES string of the molecule is CC(=O)Nc1cc(S(=O)(=O)O)c2ccccc2c1O. The number of carbonyl (C=O) groups is 1. The number of nitrogens with one attached hydrogen (secondary N) is 1. The first-order chi connectivity index (χ1) is 8.80. The van der Waals surface area contributed by atoms with Gasteiger partial charge in [-0.05, 0) is 6.07 Å². The highest BCUT2D eigenvalue weighted by Gasteiger charge is 2.19. The van der Waals surface area contributed by atoms with E-state index in [4.69, 9.17) is 0 Å².